The molecular formula is C22H14ClF5N4O. The summed E-state index contributed by atoms with van der Waals surface area (Å²) in [5.74, 6) is -1.94. The van der Waals surface area contributed by atoms with Crippen LogP contribution in [0.1, 0.15) is 22.7 Å². The van der Waals surface area contributed by atoms with Crippen LogP contribution in [0.15, 0.2) is 65.9 Å². The number of pyridine rings is 1. The lowest BCUT2D eigenvalue weighted by molar-refractivity contribution is -0.137. The molecule has 1 atom stereocenters. The first kappa shape index (κ1) is 22.7. The molecule has 4 rings (SSSR count). The number of alkyl halides is 3. The molecule has 1 aliphatic rings. The smallest absolute Gasteiger partial charge is 0.304 e. The molecule has 1 unspecified atom stereocenters. The molecule has 2 aromatic carbocycles. The Balaban J connectivity index is 1.64. The maximum atomic E-state index is 14.1. The van der Waals surface area contributed by atoms with Gasteiger partial charge in [-0.25, -0.2) is 18.6 Å². The van der Waals surface area contributed by atoms with Gasteiger partial charge in [-0.05, 0) is 48.0 Å². The van der Waals surface area contributed by atoms with Crippen molar-refractivity contribution < 1.29 is 26.7 Å². The first-order valence-corrected chi connectivity index (χ1v) is 9.91. The molecule has 33 heavy (non-hydrogen) atoms. The second kappa shape index (κ2) is 8.78. The summed E-state index contributed by atoms with van der Waals surface area (Å²) in [6.07, 6.45) is -3.85. The Kier molecular flexibility index (Phi) is 6.03. The van der Waals surface area contributed by atoms with E-state index >= 15 is 0 Å². The van der Waals surface area contributed by atoms with E-state index in [9.17, 15) is 26.7 Å². The summed E-state index contributed by atoms with van der Waals surface area (Å²) in [6.45, 7) is -0.0773. The van der Waals surface area contributed by atoms with E-state index in [0.29, 0.717) is 17.5 Å². The fraction of sp³-hybridized carbons (Fsp3) is 0.136. The molecule has 2 amide bonds. The highest BCUT2D eigenvalue weighted by Crippen LogP contribution is 2.32. The predicted octanol–water partition coefficient (Wildman–Crippen LogP) is 6.07. The fourth-order valence-electron chi connectivity index (χ4n) is 3.29. The Morgan fingerprint density at radius 1 is 1.06 bits per heavy atom. The summed E-state index contributed by atoms with van der Waals surface area (Å²) < 4.78 is 66.2. The first-order valence-electron chi connectivity index (χ1n) is 9.53. The molecule has 0 saturated heterocycles. The predicted molar refractivity (Wildman–Crippen MR) is 112 cm³/mol. The third-order valence-corrected chi connectivity index (χ3v) is 5.17. The topological polar surface area (TPSA) is 57.6 Å². The van der Waals surface area contributed by atoms with Gasteiger partial charge in [0, 0.05) is 11.2 Å². The van der Waals surface area contributed by atoms with E-state index in [1.165, 1.54) is 42.5 Å². The first-order chi connectivity index (χ1) is 15.6. The van der Waals surface area contributed by atoms with Crippen LogP contribution in [0.4, 0.5) is 32.4 Å². The monoisotopic (exact) mass is 480 g/mol. The van der Waals surface area contributed by atoms with Crippen LogP contribution in [-0.2, 0) is 6.18 Å². The van der Waals surface area contributed by atoms with E-state index in [4.69, 9.17) is 11.6 Å². The van der Waals surface area contributed by atoms with Crippen LogP contribution in [0.25, 0.3) is 0 Å². The molecule has 3 aromatic rings. The molecule has 2 heterocycles. The maximum Gasteiger partial charge on any atom is 0.417 e. The minimum atomic E-state index is -4.55. The van der Waals surface area contributed by atoms with Crippen molar-refractivity contribution in [1.29, 1.82) is 0 Å². The number of hydrogen-bond acceptors (Lipinski definition) is 3. The number of amides is 2. The van der Waals surface area contributed by atoms with Gasteiger partial charge in [-0.3, -0.25) is 4.98 Å². The van der Waals surface area contributed by atoms with E-state index < -0.39 is 35.3 Å². The second-order valence-corrected chi connectivity index (χ2v) is 7.59. The van der Waals surface area contributed by atoms with Gasteiger partial charge >= 0.3 is 12.2 Å². The van der Waals surface area contributed by atoms with Crippen LogP contribution < -0.4 is 5.32 Å². The molecule has 5 nitrogen and oxygen atoms in total. The summed E-state index contributed by atoms with van der Waals surface area (Å²) in [6, 6.07) is 10.3. The zero-order valence-electron chi connectivity index (χ0n) is 16.6. The molecule has 1 aliphatic heterocycles. The van der Waals surface area contributed by atoms with E-state index in [2.05, 4.69) is 15.4 Å². The van der Waals surface area contributed by atoms with Crippen molar-refractivity contribution in [2.75, 3.05) is 11.9 Å². The third-order valence-electron chi connectivity index (χ3n) is 4.93. The van der Waals surface area contributed by atoms with Gasteiger partial charge in [0.15, 0.2) is 0 Å². The minimum Gasteiger partial charge on any atom is -0.304 e. The number of nitrogens with zero attached hydrogens (tertiary/aromatic N) is 3. The number of hydrogen-bond donors (Lipinski definition) is 1. The average Bonchev–Trinajstić information content (AvgIpc) is 3.21. The molecular weight excluding hydrogens is 467 g/mol. The minimum absolute atomic E-state index is 0.0773. The lowest BCUT2D eigenvalue weighted by atomic mass is 9.94. The Hall–Kier alpha value is -3.53. The van der Waals surface area contributed by atoms with Gasteiger partial charge in [0.25, 0.3) is 0 Å². The van der Waals surface area contributed by atoms with Crippen LogP contribution >= 0.6 is 11.6 Å². The number of aromatic nitrogens is 1. The van der Waals surface area contributed by atoms with Crippen LogP contribution in [-0.4, -0.2) is 28.3 Å². The zero-order valence-corrected chi connectivity index (χ0v) is 17.3. The normalized spacial score (nSPS) is 16.0. The number of carbonyl (C=O) groups is 1. The molecule has 0 saturated carbocycles. The highest BCUT2D eigenvalue weighted by molar-refractivity contribution is 6.30. The molecule has 0 aliphatic carbocycles. The number of rotatable bonds is 3. The van der Waals surface area contributed by atoms with Crippen molar-refractivity contribution in [3.05, 3.63) is 94.3 Å². The standard InChI is InChI=1S/C22H14ClF5N4O/c23-14-4-8-19(17(25)9-14)30-21(33)32-11-16(18-7-3-13(10-29-18)22(26,27)28)20(31-32)12-1-5-15(24)6-2-12/h1-10,16H,11H2,(H,30,33). The molecule has 0 radical (unpaired) electrons. The van der Waals surface area contributed by atoms with Gasteiger partial charge in [-0.15, -0.1) is 0 Å². The van der Waals surface area contributed by atoms with Gasteiger partial charge < -0.3 is 5.32 Å². The summed E-state index contributed by atoms with van der Waals surface area (Å²) in [7, 11) is 0. The maximum absolute atomic E-state index is 14.1. The van der Waals surface area contributed by atoms with Gasteiger partial charge in [0.05, 0.1) is 35.1 Å². The average molecular weight is 481 g/mol. The van der Waals surface area contributed by atoms with E-state index in [1.807, 2.05) is 0 Å². The molecule has 1 N–H and O–H groups in total. The summed E-state index contributed by atoms with van der Waals surface area (Å²) in [5.41, 5.74) is -0.0551. The number of hydrazone groups is 1. The lowest BCUT2D eigenvalue weighted by Crippen LogP contribution is -2.30. The van der Waals surface area contributed by atoms with E-state index in [1.54, 1.807) is 0 Å². The highest BCUT2D eigenvalue weighted by atomic mass is 35.5. The van der Waals surface area contributed by atoms with Crippen LogP contribution in [0.3, 0.4) is 0 Å². The summed E-state index contributed by atoms with van der Waals surface area (Å²) in [4.78, 5) is 16.6. The van der Waals surface area contributed by atoms with E-state index in [-0.39, 0.29) is 22.9 Å². The number of benzene rings is 2. The Labute approximate surface area is 189 Å². The molecule has 1 aromatic heterocycles. The summed E-state index contributed by atoms with van der Waals surface area (Å²) in [5, 5.41) is 7.80. The van der Waals surface area contributed by atoms with Crippen molar-refractivity contribution in [3.8, 4) is 0 Å². The quantitative estimate of drug-likeness (QED) is 0.463. The Morgan fingerprint density at radius 2 is 1.79 bits per heavy atom. The van der Waals surface area contributed by atoms with Gasteiger partial charge in [-0.2, -0.15) is 18.3 Å². The molecule has 0 fully saturated rings. The number of nitrogens with one attached hydrogen (secondary N) is 1. The van der Waals surface area contributed by atoms with Crippen molar-refractivity contribution in [1.82, 2.24) is 9.99 Å². The highest BCUT2D eigenvalue weighted by Gasteiger charge is 2.35. The van der Waals surface area contributed by atoms with Crippen LogP contribution in [0.2, 0.25) is 5.02 Å². The van der Waals surface area contributed by atoms with Gasteiger partial charge in [0.2, 0.25) is 0 Å². The van der Waals surface area contributed by atoms with Crippen LogP contribution in [0, 0.1) is 11.6 Å². The lowest BCUT2D eigenvalue weighted by Gasteiger charge is -2.16. The Morgan fingerprint density at radius 3 is 2.39 bits per heavy atom. The van der Waals surface area contributed by atoms with Gasteiger partial charge in [0.1, 0.15) is 11.6 Å². The molecule has 170 valence electrons. The fourth-order valence-corrected chi connectivity index (χ4v) is 3.45. The Bertz CT molecular complexity index is 1210. The number of carbonyl (C=O) groups excluding carboxylic acids is 1. The summed E-state index contributed by atoms with van der Waals surface area (Å²) >= 11 is 5.72. The molecule has 11 heteroatoms. The second-order valence-electron chi connectivity index (χ2n) is 7.15. The number of halogens is 6. The van der Waals surface area contributed by atoms with Crippen molar-refractivity contribution in [3.63, 3.8) is 0 Å². The number of urea groups is 1. The van der Waals surface area contributed by atoms with E-state index in [0.717, 1.165) is 17.1 Å². The molecule has 0 spiro atoms. The van der Waals surface area contributed by atoms with Crippen LogP contribution in [0.5, 0.6) is 0 Å². The number of anilines is 1. The zero-order chi connectivity index (χ0) is 23.8. The van der Waals surface area contributed by atoms with Gasteiger partial charge in [-0.1, -0.05) is 23.7 Å². The molecule has 0 bridgehead atoms. The SMILES string of the molecule is O=C(Nc1ccc(Cl)cc1F)N1CC(c2ccc(C(F)(F)F)cn2)C(c2ccc(F)cc2)=N1. The van der Waals surface area contributed by atoms with Crippen molar-refractivity contribution in [2.45, 2.75) is 12.1 Å². The largest absolute Gasteiger partial charge is 0.417 e. The van der Waals surface area contributed by atoms with Crippen molar-refractivity contribution in [2.24, 2.45) is 5.10 Å². The third kappa shape index (κ3) is 4.95. The van der Waals surface area contributed by atoms with Crippen molar-refractivity contribution >= 4 is 29.0 Å².